The second kappa shape index (κ2) is 6.09. The van der Waals surface area contributed by atoms with E-state index in [0.29, 0.717) is 16.0 Å². The molecule has 0 heterocycles. The molecular formula is C11H16ClNO2S2. The molecule has 0 aliphatic carbocycles. The zero-order valence-corrected chi connectivity index (χ0v) is 12.4. The van der Waals surface area contributed by atoms with E-state index in [9.17, 15) is 8.42 Å². The summed E-state index contributed by atoms with van der Waals surface area (Å²) >= 11 is 7.35. The van der Waals surface area contributed by atoms with Gasteiger partial charge in [-0.3, -0.25) is 0 Å². The van der Waals surface area contributed by atoms with Gasteiger partial charge in [0, 0.05) is 30.1 Å². The zero-order valence-electron chi connectivity index (χ0n) is 10.1. The normalized spacial score (nSPS) is 13.9. The van der Waals surface area contributed by atoms with Gasteiger partial charge in [-0.15, -0.1) is 23.4 Å². The molecule has 6 heteroatoms. The summed E-state index contributed by atoms with van der Waals surface area (Å²) in [5.41, 5.74) is 0. The van der Waals surface area contributed by atoms with Gasteiger partial charge in [0.25, 0.3) is 0 Å². The highest BCUT2D eigenvalue weighted by molar-refractivity contribution is 8.00. The smallest absolute Gasteiger partial charge is 0.207 e. The lowest BCUT2D eigenvalue weighted by Crippen LogP contribution is -2.22. The van der Waals surface area contributed by atoms with Crippen LogP contribution in [0.25, 0.3) is 0 Å². The van der Waals surface area contributed by atoms with Crippen molar-refractivity contribution in [2.75, 3.05) is 20.0 Å². The Labute approximate surface area is 112 Å². The number of hydrogen-bond acceptors (Lipinski definition) is 3. The van der Waals surface area contributed by atoms with Gasteiger partial charge < -0.3 is 0 Å². The van der Waals surface area contributed by atoms with Gasteiger partial charge in [0.1, 0.15) is 0 Å². The Balaban J connectivity index is 2.89. The van der Waals surface area contributed by atoms with Crippen molar-refractivity contribution in [2.45, 2.75) is 22.0 Å². The fourth-order valence-corrected chi connectivity index (χ4v) is 3.08. The predicted octanol–water partition coefficient (Wildman–Crippen LogP) is 2.66. The third-order valence-electron chi connectivity index (χ3n) is 2.16. The lowest BCUT2D eigenvalue weighted by molar-refractivity contribution is 0.520. The van der Waals surface area contributed by atoms with Crippen LogP contribution in [0.4, 0.5) is 0 Å². The number of benzene rings is 1. The second-order valence-electron chi connectivity index (χ2n) is 3.84. The number of halogens is 1. The molecule has 17 heavy (non-hydrogen) atoms. The molecule has 1 aromatic rings. The zero-order chi connectivity index (χ0) is 13.1. The number of hydrogen-bond donors (Lipinski definition) is 0. The van der Waals surface area contributed by atoms with Gasteiger partial charge in [-0.1, -0.05) is 6.92 Å². The van der Waals surface area contributed by atoms with Crippen molar-refractivity contribution < 1.29 is 8.42 Å². The molecule has 1 aromatic carbocycles. The summed E-state index contributed by atoms with van der Waals surface area (Å²) in [4.78, 5) is 1.33. The van der Waals surface area contributed by atoms with Crippen LogP contribution in [-0.2, 0) is 10.0 Å². The Hall–Kier alpha value is -0.230. The molecular weight excluding hydrogens is 278 g/mol. The lowest BCUT2D eigenvalue weighted by atomic mass is 10.4. The number of sulfonamides is 1. The standard InChI is InChI=1S/C11H16ClNO2S2/c1-9(8-12)16-10-4-6-11(7-5-10)17(14,15)13(2)3/h4-7,9H,8H2,1-3H3. The molecule has 0 radical (unpaired) electrons. The molecule has 0 N–H and O–H groups in total. The molecule has 0 aromatic heterocycles. The lowest BCUT2D eigenvalue weighted by Gasteiger charge is -2.12. The summed E-state index contributed by atoms with van der Waals surface area (Å²) in [6.07, 6.45) is 0. The van der Waals surface area contributed by atoms with E-state index in [1.807, 2.05) is 19.1 Å². The van der Waals surface area contributed by atoms with E-state index in [1.54, 1.807) is 23.9 Å². The Kier molecular flexibility index (Phi) is 5.31. The Morgan fingerprint density at radius 3 is 2.24 bits per heavy atom. The van der Waals surface area contributed by atoms with E-state index in [4.69, 9.17) is 11.6 Å². The highest BCUT2D eigenvalue weighted by Crippen LogP contribution is 2.25. The molecule has 1 atom stereocenters. The van der Waals surface area contributed by atoms with Crippen molar-refractivity contribution in [3.63, 3.8) is 0 Å². The quantitative estimate of drug-likeness (QED) is 0.619. The predicted molar refractivity (Wildman–Crippen MR) is 73.4 cm³/mol. The van der Waals surface area contributed by atoms with Crippen LogP contribution in [0.5, 0.6) is 0 Å². The van der Waals surface area contributed by atoms with Crippen LogP contribution in [0.3, 0.4) is 0 Å². The number of thioether (sulfide) groups is 1. The van der Waals surface area contributed by atoms with Crippen LogP contribution in [0.1, 0.15) is 6.92 Å². The third kappa shape index (κ3) is 3.88. The first-order valence-electron chi connectivity index (χ1n) is 5.13. The SMILES string of the molecule is CC(CCl)Sc1ccc(S(=O)(=O)N(C)C)cc1. The number of alkyl halides is 1. The number of rotatable bonds is 5. The van der Waals surface area contributed by atoms with Crippen LogP contribution in [0.15, 0.2) is 34.1 Å². The van der Waals surface area contributed by atoms with Gasteiger partial charge in [0.2, 0.25) is 10.0 Å². The van der Waals surface area contributed by atoms with Crippen LogP contribution in [0, 0.1) is 0 Å². The summed E-state index contributed by atoms with van der Waals surface area (Å²) in [7, 11) is -0.287. The maximum atomic E-state index is 11.8. The van der Waals surface area contributed by atoms with Crippen molar-refractivity contribution in [2.24, 2.45) is 0 Å². The average molecular weight is 294 g/mol. The molecule has 0 amide bonds. The Morgan fingerprint density at radius 2 is 1.82 bits per heavy atom. The third-order valence-corrected chi connectivity index (χ3v) is 5.75. The average Bonchev–Trinajstić information content (AvgIpc) is 2.29. The summed E-state index contributed by atoms with van der Waals surface area (Å²) in [5.74, 6) is 0.572. The summed E-state index contributed by atoms with van der Waals surface area (Å²) < 4.78 is 24.8. The summed E-state index contributed by atoms with van der Waals surface area (Å²) in [6, 6.07) is 6.87. The minimum absolute atomic E-state index is 0.311. The van der Waals surface area contributed by atoms with E-state index in [0.717, 1.165) is 4.90 Å². The summed E-state index contributed by atoms with van der Waals surface area (Å²) in [6.45, 7) is 2.03. The van der Waals surface area contributed by atoms with Gasteiger partial charge >= 0.3 is 0 Å². The van der Waals surface area contributed by atoms with Gasteiger partial charge in [0.15, 0.2) is 0 Å². The van der Waals surface area contributed by atoms with E-state index in [1.165, 1.54) is 18.4 Å². The maximum absolute atomic E-state index is 11.8. The van der Waals surface area contributed by atoms with Crippen molar-refractivity contribution in [1.29, 1.82) is 0 Å². The molecule has 96 valence electrons. The van der Waals surface area contributed by atoms with Crippen LogP contribution >= 0.6 is 23.4 Å². The topological polar surface area (TPSA) is 37.4 Å². The van der Waals surface area contributed by atoms with E-state index >= 15 is 0 Å². The molecule has 1 rings (SSSR count). The molecule has 0 aliphatic rings. The van der Waals surface area contributed by atoms with Gasteiger partial charge in [-0.25, -0.2) is 12.7 Å². The van der Waals surface area contributed by atoms with E-state index in [2.05, 4.69) is 0 Å². The van der Waals surface area contributed by atoms with Crippen molar-refractivity contribution in [3.8, 4) is 0 Å². The molecule has 0 saturated heterocycles. The molecule has 1 unspecified atom stereocenters. The highest BCUT2D eigenvalue weighted by Gasteiger charge is 2.16. The second-order valence-corrected chi connectivity index (χ2v) is 7.81. The van der Waals surface area contributed by atoms with Gasteiger partial charge in [-0.2, -0.15) is 0 Å². The van der Waals surface area contributed by atoms with Crippen molar-refractivity contribution >= 4 is 33.4 Å². The van der Waals surface area contributed by atoms with Crippen molar-refractivity contribution in [1.82, 2.24) is 4.31 Å². The van der Waals surface area contributed by atoms with Crippen LogP contribution < -0.4 is 0 Å². The fraction of sp³-hybridized carbons (Fsp3) is 0.455. The molecule has 0 saturated carbocycles. The van der Waals surface area contributed by atoms with Crippen LogP contribution in [-0.4, -0.2) is 37.9 Å². The summed E-state index contributed by atoms with van der Waals surface area (Å²) in [5, 5.41) is 0.313. The first kappa shape index (κ1) is 14.8. The van der Waals surface area contributed by atoms with Gasteiger partial charge in [0.05, 0.1) is 4.90 Å². The largest absolute Gasteiger partial charge is 0.242 e. The van der Waals surface area contributed by atoms with Crippen molar-refractivity contribution in [3.05, 3.63) is 24.3 Å². The fourth-order valence-electron chi connectivity index (χ4n) is 1.16. The monoisotopic (exact) mass is 293 g/mol. The molecule has 0 bridgehead atoms. The van der Waals surface area contributed by atoms with Gasteiger partial charge in [-0.05, 0) is 24.3 Å². The molecule has 0 fully saturated rings. The minimum Gasteiger partial charge on any atom is -0.207 e. The first-order chi connectivity index (χ1) is 7.87. The highest BCUT2D eigenvalue weighted by atomic mass is 35.5. The minimum atomic E-state index is -3.33. The Bertz CT molecular complexity index is 457. The molecule has 0 spiro atoms. The first-order valence-corrected chi connectivity index (χ1v) is 7.98. The maximum Gasteiger partial charge on any atom is 0.242 e. The molecule has 0 aliphatic heterocycles. The molecule has 3 nitrogen and oxygen atoms in total. The van der Waals surface area contributed by atoms with E-state index in [-0.39, 0.29) is 0 Å². The van der Waals surface area contributed by atoms with E-state index < -0.39 is 10.0 Å². The van der Waals surface area contributed by atoms with Crippen LogP contribution in [0.2, 0.25) is 0 Å². The number of nitrogens with zero attached hydrogens (tertiary/aromatic N) is 1. The Morgan fingerprint density at radius 1 is 1.29 bits per heavy atom.